The molecule has 2 rings (SSSR count). The Labute approximate surface area is 148 Å². The van der Waals surface area contributed by atoms with E-state index in [4.69, 9.17) is 15.2 Å². The highest BCUT2D eigenvalue weighted by Gasteiger charge is 2.15. The first-order chi connectivity index (χ1) is 12.4. The maximum Gasteiger partial charge on any atom is 0.340 e. The lowest BCUT2D eigenvalue weighted by molar-refractivity contribution is -0.123. The Balaban J connectivity index is 1.81. The zero-order valence-corrected chi connectivity index (χ0v) is 13.7. The number of carbonyl (C=O) groups excluding carboxylic acids is 3. The Morgan fingerprint density at radius 1 is 1.12 bits per heavy atom. The predicted octanol–water partition coefficient (Wildman–Crippen LogP) is 1.92. The van der Waals surface area contributed by atoms with Crippen LogP contribution in [0.3, 0.4) is 0 Å². The maximum absolute atomic E-state index is 12.9. The van der Waals surface area contributed by atoms with Crippen LogP contribution in [0.2, 0.25) is 0 Å². The van der Waals surface area contributed by atoms with Gasteiger partial charge in [-0.3, -0.25) is 10.1 Å². The standard InChI is InChI=1S/C17H16FN3O5/c1-25-12-5-3-11(4-6-12)20-17(24)21-15(22)9-26-16(23)13-7-2-10(18)8-14(13)19/h2-8H,9,19H2,1H3,(H2,20,21,22,24). The molecule has 0 saturated heterocycles. The Morgan fingerprint density at radius 3 is 2.42 bits per heavy atom. The highest BCUT2D eigenvalue weighted by molar-refractivity contribution is 6.02. The van der Waals surface area contributed by atoms with Crippen LogP contribution in [0.15, 0.2) is 42.5 Å². The van der Waals surface area contributed by atoms with Crippen molar-refractivity contribution >= 4 is 29.3 Å². The number of carbonyl (C=O) groups is 3. The number of hydrogen-bond donors (Lipinski definition) is 3. The molecule has 0 fully saturated rings. The second kappa shape index (κ2) is 8.47. The van der Waals surface area contributed by atoms with Gasteiger partial charge in [-0.05, 0) is 42.5 Å². The summed E-state index contributed by atoms with van der Waals surface area (Å²) < 4.78 is 22.7. The highest BCUT2D eigenvalue weighted by atomic mass is 19.1. The van der Waals surface area contributed by atoms with Gasteiger partial charge in [0.25, 0.3) is 5.91 Å². The molecule has 136 valence electrons. The molecule has 8 nitrogen and oxygen atoms in total. The van der Waals surface area contributed by atoms with E-state index in [1.807, 2.05) is 5.32 Å². The first-order valence-corrected chi connectivity index (χ1v) is 7.36. The molecule has 0 saturated carbocycles. The molecule has 0 heterocycles. The van der Waals surface area contributed by atoms with Crippen molar-refractivity contribution in [3.05, 3.63) is 53.8 Å². The molecule has 0 aromatic heterocycles. The molecule has 0 aliphatic carbocycles. The van der Waals surface area contributed by atoms with Gasteiger partial charge in [0.15, 0.2) is 6.61 Å². The number of anilines is 2. The van der Waals surface area contributed by atoms with Crippen molar-refractivity contribution in [2.45, 2.75) is 0 Å². The summed E-state index contributed by atoms with van der Waals surface area (Å²) in [5.74, 6) is -1.75. The van der Waals surface area contributed by atoms with E-state index >= 15 is 0 Å². The summed E-state index contributed by atoms with van der Waals surface area (Å²) >= 11 is 0. The van der Waals surface area contributed by atoms with Gasteiger partial charge in [0.05, 0.1) is 12.7 Å². The van der Waals surface area contributed by atoms with Gasteiger partial charge in [-0.15, -0.1) is 0 Å². The van der Waals surface area contributed by atoms with Crippen LogP contribution in [-0.2, 0) is 9.53 Å². The fraction of sp³-hybridized carbons (Fsp3) is 0.118. The summed E-state index contributed by atoms with van der Waals surface area (Å²) in [6.07, 6.45) is 0. The first kappa shape index (κ1) is 18.7. The van der Waals surface area contributed by atoms with Gasteiger partial charge >= 0.3 is 12.0 Å². The molecular weight excluding hydrogens is 345 g/mol. The van der Waals surface area contributed by atoms with Gasteiger partial charge in [0.1, 0.15) is 11.6 Å². The quantitative estimate of drug-likeness (QED) is 0.553. The van der Waals surface area contributed by atoms with E-state index in [9.17, 15) is 18.8 Å². The largest absolute Gasteiger partial charge is 0.497 e. The number of ether oxygens (including phenoxy) is 2. The number of imide groups is 1. The van der Waals surface area contributed by atoms with E-state index in [2.05, 4.69) is 5.32 Å². The van der Waals surface area contributed by atoms with Crippen molar-refractivity contribution in [1.29, 1.82) is 0 Å². The fourth-order valence-corrected chi connectivity index (χ4v) is 1.93. The van der Waals surface area contributed by atoms with Gasteiger partial charge in [0.2, 0.25) is 0 Å². The number of nitrogens with two attached hydrogens (primary N) is 1. The summed E-state index contributed by atoms with van der Waals surface area (Å²) in [5.41, 5.74) is 5.74. The van der Waals surface area contributed by atoms with Gasteiger partial charge in [-0.1, -0.05) is 0 Å². The topological polar surface area (TPSA) is 120 Å². The molecular formula is C17H16FN3O5. The number of benzene rings is 2. The lowest BCUT2D eigenvalue weighted by Gasteiger charge is -2.09. The van der Waals surface area contributed by atoms with E-state index in [-0.39, 0.29) is 11.3 Å². The summed E-state index contributed by atoms with van der Waals surface area (Å²) in [6, 6.07) is 8.77. The molecule has 0 bridgehead atoms. The summed E-state index contributed by atoms with van der Waals surface area (Å²) in [6.45, 7) is -0.703. The van der Waals surface area contributed by atoms with Crippen molar-refractivity contribution in [1.82, 2.24) is 5.32 Å². The van der Waals surface area contributed by atoms with E-state index in [1.54, 1.807) is 24.3 Å². The predicted molar refractivity (Wildman–Crippen MR) is 91.3 cm³/mol. The van der Waals surface area contributed by atoms with Gasteiger partial charge < -0.3 is 20.5 Å². The summed E-state index contributed by atoms with van der Waals surface area (Å²) in [4.78, 5) is 35.2. The third-order valence-electron chi connectivity index (χ3n) is 3.17. The minimum absolute atomic E-state index is 0.0816. The molecule has 3 amide bonds. The smallest absolute Gasteiger partial charge is 0.340 e. The van der Waals surface area contributed by atoms with E-state index < -0.39 is 30.3 Å². The van der Waals surface area contributed by atoms with Crippen LogP contribution in [0, 0.1) is 5.82 Å². The fourth-order valence-electron chi connectivity index (χ4n) is 1.93. The van der Waals surface area contributed by atoms with Crippen molar-refractivity contribution in [2.75, 3.05) is 24.8 Å². The molecule has 0 spiro atoms. The molecule has 0 radical (unpaired) electrons. The molecule has 0 aliphatic rings. The second-order valence-electron chi connectivity index (χ2n) is 5.04. The van der Waals surface area contributed by atoms with Crippen LogP contribution in [0.5, 0.6) is 5.75 Å². The zero-order chi connectivity index (χ0) is 19.1. The monoisotopic (exact) mass is 361 g/mol. The lowest BCUT2D eigenvalue weighted by atomic mass is 10.2. The lowest BCUT2D eigenvalue weighted by Crippen LogP contribution is -2.37. The molecule has 2 aromatic rings. The van der Waals surface area contributed by atoms with Crippen molar-refractivity contribution < 1.29 is 28.2 Å². The Kier molecular flexibility index (Phi) is 6.10. The van der Waals surface area contributed by atoms with Gasteiger partial charge in [-0.25, -0.2) is 14.0 Å². The van der Waals surface area contributed by atoms with Crippen LogP contribution in [0.1, 0.15) is 10.4 Å². The number of rotatable bonds is 5. The summed E-state index contributed by atoms with van der Waals surface area (Å²) in [5, 5.41) is 4.43. The van der Waals surface area contributed by atoms with Crippen LogP contribution in [0.25, 0.3) is 0 Å². The molecule has 0 unspecified atom stereocenters. The normalized spacial score (nSPS) is 9.92. The number of amides is 3. The van der Waals surface area contributed by atoms with Crippen LogP contribution >= 0.6 is 0 Å². The number of nitrogens with one attached hydrogen (secondary N) is 2. The molecule has 2 aromatic carbocycles. The van der Waals surface area contributed by atoms with Crippen LogP contribution in [-0.4, -0.2) is 31.6 Å². The number of nitrogen functional groups attached to an aromatic ring is 1. The van der Waals surface area contributed by atoms with Crippen molar-refractivity contribution in [3.63, 3.8) is 0 Å². The number of urea groups is 1. The van der Waals surface area contributed by atoms with Crippen molar-refractivity contribution in [3.8, 4) is 5.75 Å². The molecule has 26 heavy (non-hydrogen) atoms. The minimum atomic E-state index is -0.909. The Hall–Kier alpha value is -3.62. The third-order valence-corrected chi connectivity index (χ3v) is 3.17. The van der Waals surface area contributed by atoms with E-state index in [0.29, 0.717) is 11.4 Å². The maximum atomic E-state index is 12.9. The van der Waals surface area contributed by atoms with Crippen molar-refractivity contribution in [2.24, 2.45) is 0 Å². The molecule has 4 N–H and O–H groups in total. The van der Waals surface area contributed by atoms with Gasteiger partial charge in [0, 0.05) is 11.4 Å². The highest BCUT2D eigenvalue weighted by Crippen LogP contribution is 2.15. The minimum Gasteiger partial charge on any atom is -0.497 e. The third kappa shape index (κ3) is 5.20. The molecule has 0 aliphatic heterocycles. The van der Waals surface area contributed by atoms with E-state index in [0.717, 1.165) is 18.2 Å². The second-order valence-corrected chi connectivity index (χ2v) is 5.04. The molecule has 0 atom stereocenters. The number of hydrogen-bond acceptors (Lipinski definition) is 6. The van der Waals surface area contributed by atoms with Gasteiger partial charge in [-0.2, -0.15) is 0 Å². The average molecular weight is 361 g/mol. The van der Waals surface area contributed by atoms with Crippen LogP contribution < -0.4 is 21.1 Å². The Morgan fingerprint density at radius 2 is 1.81 bits per heavy atom. The first-order valence-electron chi connectivity index (χ1n) is 7.36. The average Bonchev–Trinajstić information content (AvgIpc) is 2.60. The SMILES string of the molecule is COc1ccc(NC(=O)NC(=O)COC(=O)c2ccc(F)cc2N)cc1. The zero-order valence-electron chi connectivity index (χ0n) is 13.7. The van der Waals surface area contributed by atoms with Crippen LogP contribution in [0.4, 0.5) is 20.6 Å². The van der Waals surface area contributed by atoms with E-state index in [1.165, 1.54) is 7.11 Å². The Bertz CT molecular complexity index is 824. The number of methoxy groups -OCH3 is 1. The summed E-state index contributed by atoms with van der Waals surface area (Å²) in [7, 11) is 1.51. The number of halogens is 1. The molecule has 9 heteroatoms. The number of esters is 1.